The van der Waals surface area contributed by atoms with Gasteiger partial charge in [-0.15, -0.1) is 0 Å². The summed E-state index contributed by atoms with van der Waals surface area (Å²) in [6.45, 7) is -0.760. The SMILES string of the molecule is N[C@@H](Cc1ccccc1)C(=O)O.O=C[C@H](O)[C@H](O)[C@@H](O)[C@H](O)CO. The number of hydrogen-bond donors (Lipinski definition) is 7. The monoisotopic (exact) mass is 345 g/mol. The van der Waals surface area contributed by atoms with Crippen molar-refractivity contribution < 1.29 is 40.2 Å². The lowest BCUT2D eigenvalue weighted by atomic mass is 10.0. The second-order valence-electron chi connectivity index (χ2n) is 4.99. The Kier molecular flexibility index (Phi) is 10.7. The van der Waals surface area contributed by atoms with E-state index in [1.807, 2.05) is 30.3 Å². The van der Waals surface area contributed by atoms with Gasteiger partial charge in [0.05, 0.1) is 6.61 Å². The van der Waals surface area contributed by atoms with E-state index in [-0.39, 0.29) is 6.29 Å². The number of carbonyl (C=O) groups is 2. The molecule has 1 aromatic carbocycles. The molecule has 0 saturated heterocycles. The molecule has 24 heavy (non-hydrogen) atoms. The first-order chi connectivity index (χ1) is 11.2. The van der Waals surface area contributed by atoms with Crippen molar-refractivity contribution >= 4 is 12.3 Å². The Morgan fingerprint density at radius 2 is 1.62 bits per heavy atom. The summed E-state index contributed by atoms with van der Waals surface area (Å²) < 4.78 is 0. The first-order valence-electron chi connectivity index (χ1n) is 7.05. The zero-order chi connectivity index (χ0) is 18.7. The van der Waals surface area contributed by atoms with Gasteiger partial charge in [-0.05, 0) is 12.0 Å². The van der Waals surface area contributed by atoms with Gasteiger partial charge in [0, 0.05) is 0 Å². The third kappa shape index (κ3) is 8.11. The molecule has 8 N–H and O–H groups in total. The quantitative estimate of drug-likeness (QED) is 0.246. The summed E-state index contributed by atoms with van der Waals surface area (Å²) in [5, 5.41) is 52.1. The summed E-state index contributed by atoms with van der Waals surface area (Å²) >= 11 is 0. The van der Waals surface area contributed by atoms with Crippen LogP contribution in [0.4, 0.5) is 0 Å². The van der Waals surface area contributed by atoms with E-state index in [9.17, 15) is 9.59 Å². The lowest BCUT2D eigenvalue weighted by Crippen LogP contribution is -2.46. The number of hydrogen-bond acceptors (Lipinski definition) is 8. The number of aliphatic hydroxyl groups excluding tert-OH is 5. The van der Waals surface area contributed by atoms with Crippen LogP contribution in [-0.4, -0.2) is 80.0 Å². The average molecular weight is 345 g/mol. The average Bonchev–Trinajstić information content (AvgIpc) is 2.60. The van der Waals surface area contributed by atoms with Gasteiger partial charge in [0.25, 0.3) is 0 Å². The number of carboxylic acid groups (broad SMARTS) is 1. The predicted molar refractivity (Wildman–Crippen MR) is 82.9 cm³/mol. The maximum absolute atomic E-state index is 10.4. The number of aliphatic hydroxyl groups is 5. The molecule has 0 unspecified atom stereocenters. The predicted octanol–water partition coefficient (Wildman–Crippen LogP) is -2.74. The van der Waals surface area contributed by atoms with Gasteiger partial charge in [0.15, 0.2) is 6.29 Å². The number of benzene rings is 1. The fourth-order valence-electron chi connectivity index (χ4n) is 1.57. The van der Waals surface area contributed by atoms with Crippen molar-refractivity contribution in [1.29, 1.82) is 0 Å². The maximum atomic E-state index is 10.4. The van der Waals surface area contributed by atoms with Crippen LogP contribution in [0.2, 0.25) is 0 Å². The minimum absolute atomic E-state index is 0.0258. The van der Waals surface area contributed by atoms with Crippen LogP contribution in [0.1, 0.15) is 5.56 Å². The molecule has 0 aromatic heterocycles. The van der Waals surface area contributed by atoms with E-state index < -0.39 is 43.0 Å². The molecule has 0 radical (unpaired) electrons. The highest BCUT2D eigenvalue weighted by Crippen LogP contribution is 2.03. The zero-order valence-corrected chi connectivity index (χ0v) is 12.8. The molecular weight excluding hydrogens is 322 g/mol. The van der Waals surface area contributed by atoms with Crippen molar-refractivity contribution in [3.05, 3.63) is 35.9 Å². The number of carboxylic acids is 1. The molecule has 0 heterocycles. The summed E-state index contributed by atoms with van der Waals surface area (Å²) in [7, 11) is 0. The molecule has 0 aliphatic heterocycles. The topological polar surface area (TPSA) is 182 Å². The van der Waals surface area contributed by atoms with E-state index in [1.54, 1.807) is 0 Å². The smallest absolute Gasteiger partial charge is 0.320 e. The molecule has 0 saturated carbocycles. The van der Waals surface area contributed by atoms with Gasteiger partial charge in [-0.3, -0.25) is 4.79 Å². The summed E-state index contributed by atoms with van der Waals surface area (Å²) in [5.74, 6) is -0.959. The summed E-state index contributed by atoms with van der Waals surface area (Å²) in [6.07, 6.45) is -6.45. The van der Waals surface area contributed by atoms with Crippen LogP contribution >= 0.6 is 0 Å². The van der Waals surface area contributed by atoms with Gasteiger partial charge >= 0.3 is 5.97 Å². The van der Waals surface area contributed by atoms with Gasteiger partial charge in [0.2, 0.25) is 0 Å². The molecule has 0 aliphatic rings. The van der Waals surface area contributed by atoms with Crippen LogP contribution in [-0.2, 0) is 16.0 Å². The second-order valence-corrected chi connectivity index (χ2v) is 4.99. The minimum Gasteiger partial charge on any atom is -0.480 e. The van der Waals surface area contributed by atoms with E-state index in [4.69, 9.17) is 36.4 Å². The number of carbonyl (C=O) groups excluding carboxylic acids is 1. The van der Waals surface area contributed by atoms with Gasteiger partial charge in [-0.2, -0.15) is 0 Å². The van der Waals surface area contributed by atoms with Crippen LogP contribution in [0, 0.1) is 0 Å². The lowest BCUT2D eigenvalue weighted by Gasteiger charge is -2.22. The van der Waals surface area contributed by atoms with E-state index in [1.165, 1.54) is 0 Å². The van der Waals surface area contributed by atoms with E-state index in [2.05, 4.69) is 0 Å². The van der Waals surface area contributed by atoms with Gasteiger partial charge in [0.1, 0.15) is 30.5 Å². The summed E-state index contributed by atoms with van der Waals surface area (Å²) in [5.41, 5.74) is 6.30. The van der Waals surface area contributed by atoms with Crippen LogP contribution in [0.3, 0.4) is 0 Å². The van der Waals surface area contributed by atoms with E-state index in [0.717, 1.165) is 5.56 Å². The third-order valence-corrected chi connectivity index (χ3v) is 3.04. The molecular formula is C15H23NO8. The first kappa shape index (κ1) is 22.1. The van der Waals surface area contributed by atoms with Crippen LogP contribution in [0.25, 0.3) is 0 Å². The standard InChI is InChI=1S/C9H11NO2.C6H12O6/c10-8(9(11)12)6-7-4-2-1-3-5-7;7-1-3(9)5(11)6(12)4(10)2-8/h1-5,8H,6,10H2,(H,11,12);1,3-6,8-12H,2H2/t8-;3-,4+,5-,6-/m00/s1. The largest absolute Gasteiger partial charge is 0.480 e. The molecule has 0 amide bonds. The Morgan fingerprint density at radius 1 is 1.08 bits per heavy atom. The molecule has 0 spiro atoms. The van der Waals surface area contributed by atoms with Crippen molar-refractivity contribution in [3.8, 4) is 0 Å². The number of rotatable bonds is 8. The van der Waals surface area contributed by atoms with Gasteiger partial charge in [-0.25, -0.2) is 0 Å². The van der Waals surface area contributed by atoms with Crippen molar-refractivity contribution in [3.63, 3.8) is 0 Å². The Morgan fingerprint density at radius 3 is 2.04 bits per heavy atom. The van der Waals surface area contributed by atoms with Crippen molar-refractivity contribution in [2.24, 2.45) is 5.73 Å². The van der Waals surface area contributed by atoms with Gasteiger partial charge < -0.3 is 41.2 Å². The Balaban J connectivity index is 0.000000441. The molecule has 136 valence electrons. The number of nitrogens with two attached hydrogens (primary N) is 1. The fraction of sp³-hybridized carbons (Fsp3) is 0.467. The molecule has 1 aromatic rings. The zero-order valence-electron chi connectivity index (χ0n) is 12.8. The van der Waals surface area contributed by atoms with Crippen LogP contribution in [0.15, 0.2) is 30.3 Å². The second kappa shape index (κ2) is 11.6. The molecule has 5 atom stereocenters. The van der Waals surface area contributed by atoms with Crippen LogP contribution < -0.4 is 5.73 Å². The Bertz CT molecular complexity index is 484. The summed E-state index contributed by atoms with van der Waals surface area (Å²) in [6, 6.07) is 8.54. The summed E-state index contributed by atoms with van der Waals surface area (Å²) in [4.78, 5) is 20.3. The Labute approximate surface area is 138 Å². The number of aliphatic carboxylic acids is 1. The fourth-order valence-corrected chi connectivity index (χ4v) is 1.57. The maximum Gasteiger partial charge on any atom is 0.320 e. The molecule has 0 bridgehead atoms. The highest BCUT2D eigenvalue weighted by atomic mass is 16.4. The molecule has 9 heteroatoms. The molecule has 9 nitrogen and oxygen atoms in total. The highest BCUT2D eigenvalue weighted by Gasteiger charge is 2.29. The van der Waals surface area contributed by atoms with E-state index in [0.29, 0.717) is 6.42 Å². The van der Waals surface area contributed by atoms with Crippen molar-refractivity contribution in [2.75, 3.05) is 6.61 Å². The lowest BCUT2D eigenvalue weighted by molar-refractivity contribution is -0.138. The number of aldehydes is 1. The first-order valence-corrected chi connectivity index (χ1v) is 7.05. The minimum atomic E-state index is -1.79. The van der Waals surface area contributed by atoms with Gasteiger partial charge in [-0.1, -0.05) is 30.3 Å². The van der Waals surface area contributed by atoms with Crippen LogP contribution in [0.5, 0.6) is 0 Å². The Hall–Kier alpha value is -1.88. The normalized spacial score (nSPS) is 16.8. The highest BCUT2D eigenvalue weighted by molar-refractivity contribution is 5.73. The molecule has 0 aliphatic carbocycles. The van der Waals surface area contributed by atoms with Crippen molar-refractivity contribution in [1.82, 2.24) is 0 Å². The third-order valence-electron chi connectivity index (χ3n) is 3.04. The van der Waals surface area contributed by atoms with E-state index >= 15 is 0 Å². The molecule has 1 rings (SSSR count). The molecule has 0 fully saturated rings. The van der Waals surface area contributed by atoms with Crippen molar-refractivity contribution in [2.45, 2.75) is 36.9 Å².